The topological polar surface area (TPSA) is 15.3 Å². The first kappa shape index (κ1) is 15.7. The molecule has 0 saturated heterocycles. The molecule has 2 nitrogen and oxygen atoms in total. The van der Waals surface area contributed by atoms with Crippen molar-refractivity contribution in [1.29, 1.82) is 0 Å². The molecular formula is C17H27ClN2. The van der Waals surface area contributed by atoms with Gasteiger partial charge in [0.2, 0.25) is 0 Å². The lowest BCUT2D eigenvalue weighted by Crippen LogP contribution is -2.30. The van der Waals surface area contributed by atoms with Crippen LogP contribution in [0, 0.1) is 5.92 Å². The largest absolute Gasteiger partial charge is 0.371 e. The van der Waals surface area contributed by atoms with E-state index >= 15 is 0 Å². The van der Waals surface area contributed by atoms with Crippen LogP contribution in [0.4, 0.5) is 5.69 Å². The molecule has 0 atom stereocenters. The molecule has 0 amide bonds. The van der Waals surface area contributed by atoms with Gasteiger partial charge in [-0.3, -0.25) is 0 Å². The van der Waals surface area contributed by atoms with Crippen molar-refractivity contribution in [3.05, 3.63) is 28.8 Å². The summed E-state index contributed by atoms with van der Waals surface area (Å²) in [5, 5.41) is 4.36. The Labute approximate surface area is 128 Å². The second-order valence-electron chi connectivity index (χ2n) is 6.35. The minimum Gasteiger partial charge on any atom is -0.371 e. The van der Waals surface area contributed by atoms with Gasteiger partial charge in [-0.2, -0.15) is 0 Å². The summed E-state index contributed by atoms with van der Waals surface area (Å²) in [5.41, 5.74) is 2.64. The molecule has 0 unspecified atom stereocenters. The van der Waals surface area contributed by atoms with Crippen LogP contribution < -0.4 is 10.2 Å². The molecule has 0 bridgehead atoms. The van der Waals surface area contributed by atoms with E-state index in [2.05, 4.69) is 43.2 Å². The first-order valence-electron chi connectivity index (χ1n) is 7.80. The first-order valence-corrected chi connectivity index (χ1v) is 8.17. The van der Waals surface area contributed by atoms with Crippen LogP contribution in [0.2, 0.25) is 5.02 Å². The summed E-state index contributed by atoms with van der Waals surface area (Å²) in [5.74, 6) is 0.671. The molecule has 0 radical (unpaired) electrons. The molecular weight excluding hydrogens is 268 g/mol. The van der Waals surface area contributed by atoms with Gasteiger partial charge < -0.3 is 10.2 Å². The van der Waals surface area contributed by atoms with Gasteiger partial charge in [0.15, 0.2) is 0 Å². The zero-order chi connectivity index (χ0) is 14.5. The van der Waals surface area contributed by atoms with Crippen LogP contribution in [0.25, 0.3) is 0 Å². The van der Waals surface area contributed by atoms with Crippen molar-refractivity contribution < 1.29 is 0 Å². The zero-order valence-electron chi connectivity index (χ0n) is 13.0. The number of hydrogen-bond acceptors (Lipinski definition) is 2. The van der Waals surface area contributed by atoms with E-state index in [0.717, 1.165) is 18.1 Å². The van der Waals surface area contributed by atoms with Crippen LogP contribution in [-0.4, -0.2) is 19.6 Å². The fourth-order valence-electron chi connectivity index (χ4n) is 3.02. The van der Waals surface area contributed by atoms with Crippen molar-refractivity contribution in [3.63, 3.8) is 0 Å². The molecule has 1 aromatic rings. The maximum atomic E-state index is 6.18. The third kappa shape index (κ3) is 4.13. The number of hydrogen-bond donors (Lipinski definition) is 1. The molecule has 1 aliphatic rings. The smallest absolute Gasteiger partial charge is 0.0412 e. The average Bonchev–Trinajstić information content (AvgIpc) is 2.91. The van der Waals surface area contributed by atoms with Gasteiger partial charge >= 0.3 is 0 Å². The van der Waals surface area contributed by atoms with Gasteiger partial charge in [-0.05, 0) is 49.1 Å². The van der Waals surface area contributed by atoms with E-state index in [1.54, 1.807) is 0 Å². The molecule has 1 aromatic carbocycles. The molecule has 0 aliphatic heterocycles. The molecule has 20 heavy (non-hydrogen) atoms. The Balaban J connectivity index is 2.09. The Morgan fingerprint density at radius 1 is 1.30 bits per heavy atom. The molecule has 3 heteroatoms. The predicted octanol–water partition coefficient (Wildman–Crippen LogP) is 4.46. The van der Waals surface area contributed by atoms with Gasteiger partial charge in [-0.15, -0.1) is 0 Å². The molecule has 112 valence electrons. The lowest BCUT2D eigenvalue weighted by Gasteiger charge is -2.29. The zero-order valence-corrected chi connectivity index (χ0v) is 13.7. The number of benzene rings is 1. The lowest BCUT2D eigenvalue weighted by molar-refractivity contribution is 0.551. The van der Waals surface area contributed by atoms with Gasteiger partial charge in [0.25, 0.3) is 0 Å². The van der Waals surface area contributed by atoms with Crippen molar-refractivity contribution >= 4 is 17.3 Å². The standard InChI is InChI=1S/C17H27ClN2/c1-13(2)11-19-12-14-10-15(18)8-9-17(14)20(3)16-6-4-5-7-16/h8-10,13,16,19H,4-7,11-12H2,1-3H3. The first-order chi connectivity index (χ1) is 9.58. The van der Waals surface area contributed by atoms with Crippen molar-refractivity contribution in [2.75, 3.05) is 18.5 Å². The van der Waals surface area contributed by atoms with Gasteiger partial charge in [0.1, 0.15) is 0 Å². The Bertz CT molecular complexity index is 425. The summed E-state index contributed by atoms with van der Waals surface area (Å²) < 4.78 is 0. The highest BCUT2D eigenvalue weighted by Gasteiger charge is 2.21. The number of halogens is 1. The van der Waals surface area contributed by atoms with Crippen molar-refractivity contribution in [3.8, 4) is 0 Å². The Hall–Kier alpha value is -0.730. The highest BCUT2D eigenvalue weighted by Crippen LogP contribution is 2.30. The van der Waals surface area contributed by atoms with Crippen LogP contribution in [0.5, 0.6) is 0 Å². The van der Waals surface area contributed by atoms with E-state index in [9.17, 15) is 0 Å². The predicted molar refractivity (Wildman–Crippen MR) is 88.7 cm³/mol. The van der Waals surface area contributed by atoms with Crippen molar-refractivity contribution in [2.24, 2.45) is 5.92 Å². The number of anilines is 1. The van der Waals surface area contributed by atoms with Crippen LogP contribution >= 0.6 is 11.6 Å². The van der Waals surface area contributed by atoms with Gasteiger partial charge in [-0.1, -0.05) is 38.3 Å². The van der Waals surface area contributed by atoms with Gasteiger partial charge in [-0.25, -0.2) is 0 Å². The SMILES string of the molecule is CC(C)CNCc1cc(Cl)ccc1N(C)C1CCCC1. The van der Waals surface area contributed by atoms with Crippen LogP contribution in [0.3, 0.4) is 0 Å². The lowest BCUT2D eigenvalue weighted by atomic mass is 10.1. The minimum absolute atomic E-state index is 0.671. The van der Waals surface area contributed by atoms with E-state index in [0.29, 0.717) is 12.0 Å². The fourth-order valence-corrected chi connectivity index (χ4v) is 3.22. The summed E-state index contributed by atoms with van der Waals surface area (Å²) in [6.07, 6.45) is 5.36. The van der Waals surface area contributed by atoms with E-state index < -0.39 is 0 Å². The number of nitrogens with one attached hydrogen (secondary N) is 1. The molecule has 1 N–H and O–H groups in total. The van der Waals surface area contributed by atoms with Crippen LogP contribution in [0.15, 0.2) is 18.2 Å². The Morgan fingerprint density at radius 2 is 2.00 bits per heavy atom. The molecule has 2 rings (SSSR count). The molecule has 0 heterocycles. The van der Waals surface area contributed by atoms with E-state index in [1.165, 1.54) is 36.9 Å². The quantitative estimate of drug-likeness (QED) is 0.833. The summed E-state index contributed by atoms with van der Waals surface area (Å²) in [4.78, 5) is 2.45. The molecule has 0 spiro atoms. The summed E-state index contributed by atoms with van der Waals surface area (Å²) in [7, 11) is 2.23. The maximum absolute atomic E-state index is 6.18. The van der Waals surface area contributed by atoms with Crippen molar-refractivity contribution in [1.82, 2.24) is 5.32 Å². The summed E-state index contributed by atoms with van der Waals surface area (Å²) >= 11 is 6.18. The van der Waals surface area contributed by atoms with E-state index in [-0.39, 0.29) is 0 Å². The second-order valence-corrected chi connectivity index (χ2v) is 6.78. The maximum Gasteiger partial charge on any atom is 0.0412 e. The summed E-state index contributed by atoms with van der Waals surface area (Å²) in [6.45, 7) is 6.40. The van der Waals surface area contributed by atoms with Gasteiger partial charge in [0, 0.05) is 30.3 Å². The second kappa shape index (κ2) is 7.33. The number of nitrogens with zero attached hydrogens (tertiary/aromatic N) is 1. The van der Waals surface area contributed by atoms with E-state index in [4.69, 9.17) is 11.6 Å². The highest BCUT2D eigenvalue weighted by atomic mass is 35.5. The van der Waals surface area contributed by atoms with E-state index in [1.807, 2.05) is 6.07 Å². The molecule has 0 aromatic heterocycles. The summed E-state index contributed by atoms with van der Waals surface area (Å²) in [6, 6.07) is 6.98. The third-order valence-electron chi connectivity index (χ3n) is 4.16. The Morgan fingerprint density at radius 3 is 2.65 bits per heavy atom. The van der Waals surface area contributed by atoms with Crippen LogP contribution in [-0.2, 0) is 6.54 Å². The molecule has 1 saturated carbocycles. The third-order valence-corrected chi connectivity index (χ3v) is 4.40. The minimum atomic E-state index is 0.671. The Kier molecular flexibility index (Phi) is 5.74. The normalized spacial score (nSPS) is 16.1. The fraction of sp³-hybridized carbons (Fsp3) is 0.647. The van der Waals surface area contributed by atoms with Crippen molar-refractivity contribution in [2.45, 2.75) is 52.1 Å². The molecule has 1 aliphatic carbocycles. The van der Waals surface area contributed by atoms with Crippen LogP contribution in [0.1, 0.15) is 45.1 Å². The highest BCUT2D eigenvalue weighted by molar-refractivity contribution is 6.30. The number of rotatable bonds is 6. The monoisotopic (exact) mass is 294 g/mol. The average molecular weight is 295 g/mol. The molecule has 1 fully saturated rings. The van der Waals surface area contributed by atoms with Gasteiger partial charge in [0.05, 0.1) is 0 Å².